The van der Waals surface area contributed by atoms with Crippen molar-refractivity contribution in [1.82, 2.24) is 19.9 Å². The lowest BCUT2D eigenvalue weighted by Gasteiger charge is -2.34. The lowest BCUT2D eigenvalue weighted by atomic mass is 9.80. The zero-order valence-electron chi connectivity index (χ0n) is 15.3. The average molecular weight is 352 g/mol. The maximum atomic E-state index is 12.5. The predicted octanol–water partition coefficient (Wildman–Crippen LogP) is 2.59. The van der Waals surface area contributed by atoms with E-state index >= 15 is 0 Å². The van der Waals surface area contributed by atoms with Gasteiger partial charge in [-0.25, -0.2) is 9.97 Å². The Balaban J connectivity index is 1.66. The molecule has 2 aromatic heterocycles. The number of carbonyl (C=O) groups is 1. The van der Waals surface area contributed by atoms with Gasteiger partial charge in [-0.05, 0) is 24.5 Å². The molecule has 136 valence electrons. The summed E-state index contributed by atoms with van der Waals surface area (Å²) in [7, 11) is 0. The molecule has 26 heavy (non-hydrogen) atoms. The van der Waals surface area contributed by atoms with Gasteiger partial charge < -0.3 is 9.64 Å². The standard InChI is InChI=1S/C20H24N4O2/c1-14(2)8-17(25)24-7-5-20(12-24)13-26-11-16-10-22-19(23-18(16)20)15-4-3-6-21-9-15/h3-4,6,9-10,14H,5,7-8,11-13H2,1-2H3/t20-/m1/s1. The van der Waals surface area contributed by atoms with Crippen molar-refractivity contribution in [2.24, 2.45) is 5.92 Å². The number of hydrogen-bond acceptors (Lipinski definition) is 5. The second kappa shape index (κ2) is 6.76. The highest BCUT2D eigenvalue weighted by molar-refractivity contribution is 5.77. The van der Waals surface area contributed by atoms with Crippen LogP contribution in [-0.4, -0.2) is 45.5 Å². The van der Waals surface area contributed by atoms with Gasteiger partial charge in [0.25, 0.3) is 0 Å². The van der Waals surface area contributed by atoms with Gasteiger partial charge in [-0.1, -0.05) is 13.8 Å². The first-order valence-electron chi connectivity index (χ1n) is 9.20. The molecule has 0 unspecified atom stereocenters. The first-order chi connectivity index (χ1) is 12.6. The smallest absolute Gasteiger partial charge is 0.222 e. The van der Waals surface area contributed by atoms with Gasteiger partial charge in [0.2, 0.25) is 5.91 Å². The topological polar surface area (TPSA) is 68.2 Å². The number of ether oxygens (including phenoxy) is 1. The Hall–Kier alpha value is -2.34. The number of pyridine rings is 1. The van der Waals surface area contributed by atoms with E-state index < -0.39 is 0 Å². The molecule has 1 spiro atoms. The molecule has 2 aromatic rings. The molecule has 0 aromatic carbocycles. The van der Waals surface area contributed by atoms with Gasteiger partial charge in [0.15, 0.2) is 5.82 Å². The summed E-state index contributed by atoms with van der Waals surface area (Å²) in [6, 6.07) is 3.85. The van der Waals surface area contributed by atoms with E-state index in [9.17, 15) is 4.79 Å². The van der Waals surface area contributed by atoms with E-state index in [0.717, 1.165) is 29.8 Å². The Morgan fingerprint density at radius 2 is 2.27 bits per heavy atom. The summed E-state index contributed by atoms with van der Waals surface area (Å²) in [4.78, 5) is 28.1. The van der Waals surface area contributed by atoms with Crippen molar-refractivity contribution >= 4 is 5.91 Å². The molecule has 2 aliphatic rings. The third-order valence-corrected chi connectivity index (χ3v) is 5.21. The van der Waals surface area contributed by atoms with Crippen LogP contribution in [0.15, 0.2) is 30.7 Å². The van der Waals surface area contributed by atoms with E-state index in [0.29, 0.717) is 37.9 Å². The molecule has 1 saturated heterocycles. The summed E-state index contributed by atoms with van der Waals surface area (Å²) in [5.41, 5.74) is 2.75. The summed E-state index contributed by atoms with van der Waals surface area (Å²) in [5, 5.41) is 0. The molecule has 0 N–H and O–H groups in total. The van der Waals surface area contributed by atoms with E-state index in [1.807, 2.05) is 23.2 Å². The van der Waals surface area contributed by atoms with Crippen LogP contribution in [0.25, 0.3) is 11.4 Å². The van der Waals surface area contributed by atoms with Crippen LogP contribution in [0.2, 0.25) is 0 Å². The number of rotatable bonds is 3. The maximum Gasteiger partial charge on any atom is 0.222 e. The largest absolute Gasteiger partial charge is 0.376 e. The molecular weight excluding hydrogens is 328 g/mol. The molecule has 1 fully saturated rings. The van der Waals surface area contributed by atoms with Crippen molar-refractivity contribution in [2.45, 2.75) is 38.7 Å². The highest BCUT2D eigenvalue weighted by atomic mass is 16.5. The Labute approximate surface area is 153 Å². The van der Waals surface area contributed by atoms with Crippen LogP contribution >= 0.6 is 0 Å². The van der Waals surface area contributed by atoms with Gasteiger partial charge in [0, 0.05) is 49.2 Å². The minimum Gasteiger partial charge on any atom is -0.376 e. The average Bonchev–Trinajstić information content (AvgIpc) is 3.07. The van der Waals surface area contributed by atoms with Crippen LogP contribution in [0, 0.1) is 5.92 Å². The highest BCUT2D eigenvalue weighted by Crippen LogP contribution is 2.39. The third kappa shape index (κ3) is 3.09. The quantitative estimate of drug-likeness (QED) is 0.849. The molecule has 6 heteroatoms. The van der Waals surface area contributed by atoms with Crippen molar-refractivity contribution in [1.29, 1.82) is 0 Å². The molecule has 2 aliphatic heterocycles. The molecule has 0 saturated carbocycles. The number of hydrogen-bond donors (Lipinski definition) is 0. The zero-order valence-corrected chi connectivity index (χ0v) is 15.3. The molecule has 0 bridgehead atoms. The number of amides is 1. The summed E-state index contributed by atoms with van der Waals surface area (Å²) >= 11 is 0. The van der Waals surface area contributed by atoms with Crippen molar-refractivity contribution < 1.29 is 9.53 Å². The molecule has 0 aliphatic carbocycles. The summed E-state index contributed by atoms with van der Waals surface area (Å²) < 4.78 is 5.86. The number of likely N-dealkylation sites (tertiary alicyclic amines) is 1. The lowest BCUT2D eigenvalue weighted by molar-refractivity contribution is -0.131. The van der Waals surface area contributed by atoms with Gasteiger partial charge >= 0.3 is 0 Å². The molecule has 0 radical (unpaired) electrons. The zero-order chi connectivity index (χ0) is 18.1. The van der Waals surface area contributed by atoms with Crippen LogP contribution < -0.4 is 0 Å². The molecule has 1 atom stereocenters. The maximum absolute atomic E-state index is 12.5. The van der Waals surface area contributed by atoms with Crippen molar-refractivity contribution in [3.8, 4) is 11.4 Å². The monoisotopic (exact) mass is 352 g/mol. The second-order valence-corrected chi connectivity index (χ2v) is 7.75. The Kier molecular flexibility index (Phi) is 4.44. The lowest BCUT2D eigenvalue weighted by Crippen LogP contribution is -2.41. The van der Waals surface area contributed by atoms with Crippen LogP contribution in [0.5, 0.6) is 0 Å². The fraction of sp³-hybridized carbons (Fsp3) is 0.500. The molecular formula is C20H24N4O2. The Morgan fingerprint density at radius 1 is 1.38 bits per heavy atom. The van der Waals surface area contributed by atoms with Crippen molar-refractivity contribution in [3.63, 3.8) is 0 Å². The predicted molar refractivity (Wildman–Crippen MR) is 97.2 cm³/mol. The minimum absolute atomic E-state index is 0.222. The molecule has 1 amide bonds. The van der Waals surface area contributed by atoms with E-state index in [1.165, 1.54) is 0 Å². The van der Waals surface area contributed by atoms with E-state index in [2.05, 4.69) is 23.8 Å². The summed E-state index contributed by atoms with van der Waals surface area (Å²) in [6.45, 7) is 6.74. The number of aromatic nitrogens is 3. The number of nitrogens with zero attached hydrogens (tertiary/aromatic N) is 4. The fourth-order valence-corrected chi connectivity index (χ4v) is 3.91. The molecule has 6 nitrogen and oxygen atoms in total. The van der Waals surface area contributed by atoms with Crippen molar-refractivity contribution in [3.05, 3.63) is 42.0 Å². The Bertz CT molecular complexity index is 809. The first-order valence-corrected chi connectivity index (χ1v) is 9.20. The molecule has 4 heterocycles. The van der Waals surface area contributed by atoms with E-state index in [-0.39, 0.29) is 11.3 Å². The summed E-state index contributed by atoms with van der Waals surface area (Å²) in [5.74, 6) is 1.28. The highest BCUT2D eigenvalue weighted by Gasteiger charge is 2.46. The molecule has 4 rings (SSSR count). The third-order valence-electron chi connectivity index (χ3n) is 5.21. The number of fused-ring (bicyclic) bond motifs is 2. The Morgan fingerprint density at radius 3 is 3.04 bits per heavy atom. The van der Waals surface area contributed by atoms with E-state index in [4.69, 9.17) is 9.72 Å². The van der Waals surface area contributed by atoms with E-state index in [1.54, 1.807) is 12.4 Å². The van der Waals surface area contributed by atoms with Crippen LogP contribution in [0.1, 0.15) is 37.9 Å². The first kappa shape index (κ1) is 17.1. The van der Waals surface area contributed by atoms with Crippen LogP contribution in [-0.2, 0) is 21.6 Å². The van der Waals surface area contributed by atoms with Gasteiger partial charge in [-0.15, -0.1) is 0 Å². The fourth-order valence-electron chi connectivity index (χ4n) is 3.91. The second-order valence-electron chi connectivity index (χ2n) is 7.75. The van der Waals surface area contributed by atoms with Crippen molar-refractivity contribution in [2.75, 3.05) is 19.7 Å². The minimum atomic E-state index is -0.222. The SMILES string of the molecule is CC(C)CC(=O)N1CC[C@]2(COCc3cnc(-c4cccnc4)nc32)C1. The summed E-state index contributed by atoms with van der Waals surface area (Å²) in [6.07, 6.45) is 6.86. The number of carbonyl (C=O) groups excluding carboxylic acids is 1. The van der Waals surface area contributed by atoms with Gasteiger partial charge in [-0.2, -0.15) is 0 Å². The van der Waals surface area contributed by atoms with Gasteiger partial charge in [0.05, 0.1) is 24.3 Å². The van der Waals surface area contributed by atoms with Crippen LogP contribution in [0.3, 0.4) is 0 Å². The van der Waals surface area contributed by atoms with Crippen LogP contribution in [0.4, 0.5) is 0 Å². The van der Waals surface area contributed by atoms with Gasteiger partial charge in [-0.3, -0.25) is 9.78 Å². The van der Waals surface area contributed by atoms with Gasteiger partial charge in [0.1, 0.15) is 0 Å². The normalized spacial score (nSPS) is 22.0.